The van der Waals surface area contributed by atoms with Crippen molar-refractivity contribution in [1.29, 1.82) is 0 Å². The van der Waals surface area contributed by atoms with Crippen LogP contribution in [0.4, 0.5) is 0 Å². The summed E-state index contributed by atoms with van der Waals surface area (Å²) in [6.45, 7) is 0. The van der Waals surface area contributed by atoms with Gasteiger partial charge in [-0.3, -0.25) is 4.79 Å². The van der Waals surface area contributed by atoms with Gasteiger partial charge in [0, 0.05) is 11.5 Å². The van der Waals surface area contributed by atoms with Crippen molar-refractivity contribution in [1.82, 2.24) is 5.43 Å². The number of phenols is 1. The topological polar surface area (TPSA) is 61.7 Å². The molecule has 2 fully saturated rings. The van der Waals surface area contributed by atoms with Crippen molar-refractivity contribution < 1.29 is 9.90 Å². The van der Waals surface area contributed by atoms with Crippen LogP contribution in [-0.4, -0.2) is 17.2 Å². The van der Waals surface area contributed by atoms with Crippen LogP contribution in [0.1, 0.15) is 31.2 Å². The molecule has 2 atom stereocenters. The molecule has 2 aliphatic carbocycles. The third kappa shape index (κ3) is 2.48. The Morgan fingerprint density at radius 1 is 1.26 bits per heavy atom. The van der Waals surface area contributed by atoms with E-state index in [1.165, 1.54) is 31.9 Å². The van der Waals surface area contributed by atoms with Crippen LogP contribution < -0.4 is 5.43 Å². The predicted octanol–water partition coefficient (Wildman–Crippen LogP) is 2.28. The Labute approximate surface area is 112 Å². The molecule has 4 heteroatoms. The first-order valence-electron chi connectivity index (χ1n) is 6.88. The van der Waals surface area contributed by atoms with E-state index in [2.05, 4.69) is 10.5 Å². The molecule has 0 saturated heterocycles. The number of hydrogen-bond acceptors (Lipinski definition) is 3. The molecule has 0 bridgehead atoms. The van der Waals surface area contributed by atoms with Crippen LogP contribution in [0, 0.1) is 17.8 Å². The summed E-state index contributed by atoms with van der Waals surface area (Å²) >= 11 is 0. The molecule has 1 amide bonds. The van der Waals surface area contributed by atoms with Crippen molar-refractivity contribution in [2.45, 2.75) is 25.7 Å². The lowest BCUT2D eigenvalue weighted by atomic mass is 10.0. The van der Waals surface area contributed by atoms with Crippen LogP contribution in [0.5, 0.6) is 5.75 Å². The second-order valence-electron chi connectivity index (χ2n) is 5.43. The first-order chi connectivity index (χ1) is 9.27. The highest BCUT2D eigenvalue weighted by Gasteiger charge is 2.54. The minimum absolute atomic E-state index is 0.0311. The van der Waals surface area contributed by atoms with Gasteiger partial charge in [0.2, 0.25) is 5.91 Å². The van der Waals surface area contributed by atoms with E-state index >= 15 is 0 Å². The minimum Gasteiger partial charge on any atom is -0.507 e. The lowest BCUT2D eigenvalue weighted by Crippen LogP contribution is -2.20. The third-order valence-corrected chi connectivity index (χ3v) is 4.27. The molecule has 2 aliphatic rings. The van der Waals surface area contributed by atoms with Crippen LogP contribution in [0.25, 0.3) is 0 Å². The van der Waals surface area contributed by atoms with E-state index in [0.717, 1.165) is 0 Å². The van der Waals surface area contributed by atoms with Gasteiger partial charge >= 0.3 is 0 Å². The minimum atomic E-state index is 0.0311. The maximum absolute atomic E-state index is 12.0. The summed E-state index contributed by atoms with van der Waals surface area (Å²) in [7, 11) is 0. The zero-order valence-electron chi connectivity index (χ0n) is 10.7. The van der Waals surface area contributed by atoms with E-state index < -0.39 is 0 Å². The lowest BCUT2D eigenvalue weighted by Gasteiger charge is -2.04. The van der Waals surface area contributed by atoms with Gasteiger partial charge in [0.25, 0.3) is 0 Å². The smallest absolute Gasteiger partial charge is 0.243 e. The molecule has 1 aromatic carbocycles. The number of hydrazone groups is 1. The van der Waals surface area contributed by atoms with Crippen LogP contribution in [0.2, 0.25) is 0 Å². The predicted molar refractivity (Wildman–Crippen MR) is 72.8 cm³/mol. The molecule has 0 aromatic heterocycles. The second kappa shape index (κ2) is 5.03. The molecule has 1 aromatic rings. The van der Waals surface area contributed by atoms with Crippen LogP contribution in [-0.2, 0) is 4.79 Å². The van der Waals surface area contributed by atoms with Gasteiger partial charge in [0.15, 0.2) is 0 Å². The Kier molecular flexibility index (Phi) is 3.23. The number of nitrogens with zero attached hydrogens (tertiary/aromatic N) is 1. The van der Waals surface area contributed by atoms with E-state index in [-0.39, 0.29) is 17.6 Å². The van der Waals surface area contributed by atoms with Gasteiger partial charge < -0.3 is 5.11 Å². The molecule has 2 saturated carbocycles. The van der Waals surface area contributed by atoms with Crippen molar-refractivity contribution in [3.05, 3.63) is 29.8 Å². The first-order valence-corrected chi connectivity index (χ1v) is 6.88. The lowest BCUT2D eigenvalue weighted by molar-refractivity contribution is -0.122. The Morgan fingerprint density at radius 3 is 2.63 bits per heavy atom. The van der Waals surface area contributed by atoms with E-state index in [1.807, 2.05) is 6.07 Å². The van der Waals surface area contributed by atoms with Crippen molar-refractivity contribution in [2.75, 3.05) is 0 Å². The van der Waals surface area contributed by atoms with Crippen molar-refractivity contribution in [3.63, 3.8) is 0 Å². The fourth-order valence-corrected chi connectivity index (χ4v) is 3.22. The zero-order valence-corrected chi connectivity index (χ0v) is 10.7. The molecule has 0 aliphatic heterocycles. The molecular weight excluding hydrogens is 240 g/mol. The monoisotopic (exact) mass is 258 g/mol. The fourth-order valence-electron chi connectivity index (χ4n) is 3.22. The standard InChI is InChI=1S/C15H18N2O2/c18-13-8-4-1-5-10(13)9-16-17-15(19)14-11-6-2-3-7-12(11)14/h1,4-5,8-9,11-12,14,18H,2-3,6-7H2,(H,17,19)/b16-9-/t11-,12-/m0/s1. The number of para-hydroxylation sites is 1. The highest BCUT2D eigenvalue weighted by atomic mass is 16.3. The normalized spacial score (nSPS) is 28.9. The van der Waals surface area contributed by atoms with Gasteiger partial charge in [-0.05, 0) is 36.8 Å². The number of amides is 1. The quantitative estimate of drug-likeness (QED) is 0.645. The summed E-state index contributed by atoms with van der Waals surface area (Å²) in [6, 6.07) is 6.92. The summed E-state index contributed by atoms with van der Waals surface area (Å²) < 4.78 is 0. The number of hydrogen-bond donors (Lipinski definition) is 2. The average Bonchev–Trinajstić information content (AvgIpc) is 3.15. The summed E-state index contributed by atoms with van der Waals surface area (Å²) in [5, 5.41) is 13.5. The molecule has 0 heterocycles. The molecule has 100 valence electrons. The molecule has 0 radical (unpaired) electrons. The maximum Gasteiger partial charge on any atom is 0.243 e. The van der Waals surface area contributed by atoms with Crippen molar-refractivity contribution in [2.24, 2.45) is 22.9 Å². The van der Waals surface area contributed by atoms with E-state index in [9.17, 15) is 9.90 Å². The van der Waals surface area contributed by atoms with E-state index in [1.54, 1.807) is 18.2 Å². The fraction of sp³-hybridized carbons (Fsp3) is 0.467. The summed E-state index contributed by atoms with van der Waals surface area (Å²) in [4.78, 5) is 12.0. The molecule has 4 nitrogen and oxygen atoms in total. The Morgan fingerprint density at radius 2 is 1.95 bits per heavy atom. The molecule has 0 spiro atoms. The number of nitrogens with one attached hydrogen (secondary N) is 1. The summed E-state index contributed by atoms with van der Waals surface area (Å²) in [5.41, 5.74) is 3.20. The summed E-state index contributed by atoms with van der Waals surface area (Å²) in [5.74, 6) is 1.55. The second-order valence-corrected chi connectivity index (χ2v) is 5.43. The van der Waals surface area contributed by atoms with Gasteiger partial charge in [-0.25, -0.2) is 5.43 Å². The highest BCUT2D eigenvalue weighted by Crippen LogP contribution is 2.55. The van der Waals surface area contributed by atoms with Crippen LogP contribution >= 0.6 is 0 Å². The van der Waals surface area contributed by atoms with Crippen molar-refractivity contribution in [3.8, 4) is 5.75 Å². The number of carbonyl (C=O) groups excluding carboxylic acids is 1. The maximum atomic E-state index is 12.0. The number of fused-ring (bicyclic) bond motifs is 1. The average molecular weight is 258 g/mol. The number of rotatable bonds is 3. The largest absolute Gasteiger partial charge is 0.507 e. The number of aromatic hydroxyl groups is 1. The molecule has 0 unspecified atom stereocenters. The Balaban J connectivity index is 1.55. The molecule has 19 heavy (non-hydrogen) atoms. The van der Waals surface area contributed by atoms with Crippen LogP contribution in [0.15, 0.2) is 29.4 Å². The van der Waals surface area contributed by atoms with E-state index in [4.69, 9.17) is 0 Å². The van der Waals surface area contributed by atoms with Gasteiger partial charge in [-0.1, -0.05) is 25.0 Å². The number of carbonyl (C=O) groups is 1. The Hall–Kier alpha value is -1.84. The van der Waals surface area contributed by atoms with Gasteiger partial charge in [0.05, 0.1) is 6.21 Å². The zero-order chi connectivity index (χ0) is 13.2. The van der Waals surface area contributed by atoms with Gasteiger partial charge in [0.1, 0.15) is 5.75 Å². The number of benzene rings is 1. The first kappa shape index (κ1) is 12.2. The van der Waals surface area contributed by atoms with E-state index in [0.29, 0.717) is 17.4 Å². The highest BCUT2D eigenvalue weighted by molar-refractivity contribution is 5.86. The van der Waals surface area contributed by atoms with Crippen molar-refractivity contribution >= 4 is 12.1 Å². The number of phenolic OH excluding ortho intramolecular Hbond substituents is 1. The molecule has 3 rings (SSSR count). The Bertz CT molecular complexity index is 501. The third-order valence-electron chi connectivity index (χ3n) is 4.27. The van der Waals surface area contributed by atoms with Gasteiger partial charge in [-0.2, -0.15) is 5.10 Å². The van der Waals surface area contributed by atoms with Gasteiger partial charge in [-0.15, -0.1) is 0 Å². The molecule has 2 N–H and O–H groups in total. The summed E-state index contributed by atoms with van der Waals surface area (Å²) in [6.07, 6.45) is 6.37. The van der Waals surface area contributed by atoms with Crippen LogP contribution in [0.3, 0.4) is 0 Å². The SMILES string of the molecule is O=C(N/N=C\c1ccccc1O)C1[C@H]2CCCC[C@H]12. The molecular formula is C15H18N2O2.